The van der Waals surface area contributed by atoms with Crippen LogP contribution in [-0.2, 0) is 29.1 Å². The van der Waals surface area contributed by atoms with Gasteiger partial charge >= 0.3 is 5.97 Å². The van der Waals surface area contributed by atoms with E-state index in [2.05, 4.69) is 4.90 Å². The monoisotopic (exact) mass is 488 g/mol. The Morgan fingerprint density at radius 1 is 1.00 bits per heavy atom. The minimum absolute atomic E-state index is 0.133. The van der Waals surface area contributed by atoms with Crippen molar-refractivity contribution in [2.24, 2.45) is 11.1 Å². The van der Waals surface area contributed by atoms with Gasteiger partial charge in [0.05, 0.1) is 19.2 Å². The molecule has 1 saturated carbocycles. The highest BCUT2D eigenvalue weighted by Crippen LogP contribution is 2.54. The molecule has 0 bridgehead atoms. The molecule has 1 heterocycles. The van der Waals surface area contributed by atoms with E-state index in [1.165, 1.54) is 20.0 Å². The van der Waals surface area contributed by atoms with Crippen LogP contribution in [0.5, 0.6) is 5.75 Å². The number of methoxy groups -OCH3 is 1. The molecular weight excluding hydrogens is 455 g/mol. The Morgan fingerprint density at radius 2 is 1.78 bits per heavy atom. The lowest BCUT2D eigenvalue weighted by Gasteiger charge is -2.34. The zero-order valence-electron chi connectivity index (χ0n) is 20.8. The molecule has 5 nitrogen and oxygen atoms in total. The zero-order valence-corrected chi connectivity index (χ0v) is 20.8. The first kappa shape index (κ1) is 24.3. The van der Waals surface area contributed by atoms with Crippen LogP contribution in [0.4, 0.5) is 10.1 Å². The second-order valence-electron chi connectivity index (χ2n) is 10.0. The molecule has 6 heteroatoms. The molecule has 2 fully saturated rings. The molecule has 0 unspecified atom stereocenters. The van der Waals surface area contributed by atoms with Crippen LogP contribution in [0.15, 0.2) is 60.7 Å². The largest absolute Gasteiger partial charge is 0.489 e. The van der Waals surface area contributed by atoms with Gasteiger partial charge < -0.3 is 20.1 Å². The van der Waals surface area contributed by atoms with Gasteiger partial charge in [0.2, 0.25) is 0 Å². The van der Waals surface area contributed by atoms with Crippen LogP contribution in [0.25, 0.3) is 11.1 Å². The lowest BCUT2D eigenvalue weighted by molar-refractivity contribution is -0.139. The highest BCUT2D eigenvalue weighted by Gasteiger charge is 2.44. The number of nitrogens with zero attached hydrogens (tertiary/aromatic N) is 1. The third-order valence-electron chi connectivity index (χ3n) is 7.64. The molecule has 0 radical (unpaired) electrons. The molecule has 1 aliphatic heterocycles. The fourth-order valence-corrected chi connectivity index (χ4v) is 5.13. The molecule has 5 rings (SSSR count). The van der Waals surface area contributed by atoms with Gasteiger partial charge in [-0.2, -0.15) is 0 Å². The predicted molar refractivity (Wildman–Crippen MR) is 139 cm³/mol. The van der Waals surface area contributed by atoms with E-state index in [1.807, 2.05) is 60.7 Å². The van der Waals surface area contributed by atoms with E-state index >= 15 is 4.39 Å². The Morgan fingerprint density at radius 3 is 2.50 bits per heavy atom. The van der Waals surface area contributed by atoms with E-state index in [4.69, 9.17) is 15.2 Å². The predicted octanol–water partition coefficient (Wildman–Crippen LogP) is 5.63. The Balaban J connectivity index is 1.46. The number of rotatable bonds is 8. The molecule has 0 amide bonds. The summed E-state index contributed by atoms with van der Waals surface area (Å²) >= 11 is 0. The number of benzene rings is 3. The number of halogens is 1. The van der Waals surface area contributed by atoms with E-state index in [0.717, 1.165) is 48.2 Å². The second-order valence-corrected chi connectivity index (χ2v) is 10.0. The van der Waals surface area contributed by atoms with Crippen molar-refractivity contribution in [3.05, 3.63) is 83.2 Å². The number of piperidine rings is 1. The molecule has 2 aliphatic rings. The summed E-state index contributed by atoms with van der Waals surface area (Å²) in [6.07, 6.45) is 4.98. The molecule has 1 aliphatic carbocycles. The average molecular weight is 489 g/mol. The minimum atomic E-state index is -0.323. The van der Waals surface area contributed by atoms with E-state index in [9.17, 15) is 4.79 Å². The summed E-state index contributed by atoms with van der Waals surface area (Å²) in [6, 6.07) is 19.0. The zero-order chi connectivity index (χ0) is 25.1. The lowest BCUT2D eigenvalue weighted by Crippen LogP contribution is -2.35. The quantitative estimate of drug-likeness (QED) is 0.417. The summed E-state index contributed by atoms with van der Waals surface area (Å²) in [5.41, 5.74) is 10.9. The third-order valence-corrected chi connectivity index (χ3v) is 7.64. The standard InChI is InChI=1S/C30H33FN2O3/c1-35-28(34)18-24-6-2-3-8-27(24)36-20-22-16-25(23-7-4-5-21(15-23)19-32)29(31)26(17-22)33-13-11-30(9-10-30)12-14-33/h2-8,15-17H,9-14,18-20,32H2,1H3. The molecule has 0 aromatic heterocycles. The maximum atomic E-state index is 16.0. The normalized spacial score (nSPS) is 16.1. The van der Waals surface area contributed by atoms with Crippen molar-refractivity contribution in [1.82, 2.24) is 0 Å². The summed E-state index contributed by atoms with van der Waals surface area (Å²) in [4.78, 5) is 14.0. The van der Waals surface area contributed by atoms with Gasteiger partial charge in [0, 0.05) is 30.8 Å². The van der Waals surface area contributed by atoms with Crippen LogP contribution >= 0.6 is 0 Å². The maximum Gasteiger partial charge on any atom is 0.310 e. The molecule has 0 atom stereocenters. The molecule has 36 heavy (non-hydrogen) atoms. The van der Waals surface area contributed by atoms with Crippen molar-refractivity contribution < 1.29 is 18.7 Å². The fourth-order valence-electron chi connectivity index (χ4n) is 5.13. The minimum Gasteiger partial charge on any atom is -0.489 e. The van der Waals surface area contributed by atoms with Crippen LogP contribution in [0, 0.1) is 11.2 Å². The van der Waals surface area contributed by atoms with E-state index in [0.29, 0.717) is 29.0 Å². The third kappa shape index (κ3) is 5.24. The Labute approximate surface area is 212 Å². The number of para-hydroxylation sites is 1. The van der Waals surface area contributed by atoms with Gasteiger partial charge in [0.1, 0.15) is 12.4 Å². The van der Waals surface area contributed by atoms with Gasteiger partial charge in [0.25, 0.3) is 0 Å². The van der Waals surface area contributed by atoms with Gasteiger partial charge in [-0.1, -0.05) is 36.4 Å². The van der Waals surface area contributed by atoms with Gasteiger partial charge in [0.15, 0.2) is 5.82 Å². The summed E-state index contributed by atoms with van der Waals surface area (Å²) in [5, 5.41) is 0. The molecule has 3 aromatic carbocycles. The van der Waals surface area contributed by atoms with E-state index in [-0.39, 0.29) is 24.8 Å². The van der Waals surface area contributed by atoms with Crippen molar-refractivity contribution in [1.29, 1.82) is 0 Å². The number of anilines is 1. The number of carbonyl (C=O) groups is 1. The molecule has 1 saturated heterocycles. The summed E-state index contributed by atoms with van der Waals surface area (Å²) in [7, 11) is 1.37. The Kier molecular flexibility index (Phi) is 6.97. The summed E-state index contributed by atoms with van der Waals surface area (Å²) < 4.78 is 27.0. The van der Waals surface area contributed by atoms with E-state index in [1.54, 1.807) is 0 Å². The maximum absolute atomic E-state index is 16.0. The van der Waals surface area contributed by atoms with Gasteiger partial charge in [-0.15, -0.1) is 0 Å². The van der Waals surface area contributed by atoms with Crippen molar-refractivity contribution >= 4 is 11.7 Å². The molecule has 2 N–H and O–H groups in total. The van der Waals surface area contributed by atoms with Crippen molar-refractivity contribution in [2.45, 2.75) is 45.3 Å². The number of carbonyl (C=O) groups excluding carboxylic acids is 1. The average Bonchev–Trinajstić information content (AvgIpc) is 3.67. The number of esters is 1. The number of ether oxygens (including phenoxy) is 2. The highest BCUT2D eigenvalue weighted by atomic mass is 19.1. The van der Waals surface area contributed by atoms with Crippen LogP contribution in [0.1, 0.15) is 42.4 Å². The van der Waals surface area contributed by atoms with Crippen LogP contribution < -0.4 is 15.4 Å². The van der Waals surface area contributed by atoms with Crippen LogP contribution in [0.3, 0.4) is 0 Å². The van der Waals surface area contributed by atoms with E-state index < -0.39 is 0 Å². The lowest BCUT2D eigenvalue weighted by atomic mass is 9.92. The van der Waals surface area contributed by atoms with Crippen molar-refractivity contribution in [3.63, 3.8) is 0 Å². The van der Waals surface area contributed by atoms with Gasteiger partial charge in [-0.25, -0.2) is 4.39 Å². The SMILES string of the molecule is COC(=O)Cc1ccccc1OCc1cc(-c2cccc(CN)c2)c(F)c(N2CCC3(CC2)CC3)c1. The molecule has 3 aromatic rings. The van der Waals surface area contributed by atoms with Gasteiger partial charge in [-0.3, -0.25) is 4.79 Å². The first-order chi connectivity index (χ1) is 17.5. The highest BCUT2D eigenvalue weighted by molar-refractivity contribution is 5.73. The fraction of sp³-hybridized carbons (Fsp3) is 0.367. The summed E-state index contributed by atoms with van der Waals surface area (Å²) in [6.45, 7) is 2.39. The Hall–Kier alpha value is -3.38. The molecule has 1 spiro atoms. The van der Waals surface area contributed by atoms with Crippen LogP contribution in [0.2, 0.25) is 0 Å². The van der Waals surface area contributed by atoms with Crippen molar-refractivity contribution in [3.8, 4) is 16.9 Å². The van der Waals surface area contributed by atoms with Gasteiger partial charge in [-0.05, 0) is 72.1 Å². The molecular formula is C30H33FN2O3. The topological polar surface area (TPSA) is 64.8 Å². The Bertz CT molecular complexity index is 1240. The smallest absolute Gasteiger partial charge is 0.310 e. The second kappa shape index (κ2) is 10.3. The van der Waals surface area contributed by atoms with Crippen LogP contribution in [-0.4, -0.2) is 26.2 Å². The number of hydrogen-bond donors (Lipinski definition) is 1. The first-order valence-electron chi connectivity index (χ1n) is 12.6. The first-order valence-corrected chi connectivity index (χ1v) is 12.6. The molecule has 188 valence electrons. The number of nitrogens with two attached hydrogens (primary N) is 1. The summed E-state index contributed by atoms with van der Waals surface area (Å²) in [5.74, 6) is 0.0931. The van der Waals surface area contributed by atoms with Crippen molar-refractivity contribution in [2.75, 3.05) is 25.1 Å². The number of hydrogen-bond acceptors (Lipinski definition) is 5.